The average molecular weight is 307 g/mol. The van der Waals surface area contributed by atoms with E-state index >= 15 is 0 Å². The Hall–Kier alpha value is -3.02. The summed E-state index contributed by atoms with van der Waals surface area (Å²) in [5.74, 6) is 0.320. The second kappa shape index (κ2) is 6.39. The molecule has 1 heterocycles. The number of carbonyl (C=O) groups excluding carboxylic acids is 1. The molecule has 0 fully saturated rings. The number of anilines is 1. The smallest absolute Gasteiger partial charge is 0.248 e. The summed E-state index contributed by atoms with van der Waals surface area (Å²) < 4.78 is 0. The Morgan fingerprint density at radius 3 is 2.70 bits per heavy atom. The van der Waals surface area contributed by atoms with Gasteiger partial charge in [-0.2, -0.15) is 4.80 Å². The molecule has 2 aromatic carbocycles. The Morgan fingerprint density at radius 2 is 1.91 bits per heavy atom. The summed E-state index contributed by atoms with van der Waals surface area (Å²) in [6.45, 7) is 3.96. The van der Waals surface area contributed by atoms with Gasteiger partial charge < -0.3 is 5.32 Å². The summed E-state index contributed by atoms with van der Waals surface area (Å²) in [6, 6.07) is 15.5. The molecule has 0 bridgehead atoms. The number of benzene rings is 2. The number of hydrogen-bond acceptors (Lipinski definition) is 4. The number of tetrazole rings is 1. The maximum absolute atomic E-state index is 12.2. The van der Waals surface area contributed by atoms with Crippen LogP contribution in [0.1, 0.15) is 11.1 Å². The second-order valence-electron chi connectivity index (χ2n) is 5.38. The van der Waals surface area contributed by atoms with Gasteiger partial charge in [-0.3, -0.25) is 4.79 Å². The fraction of sp³-hybridized carbons (Fsp3) is 0.176. The van der Waals surface area contributed by atoms with E-state index in [0.717, 1.165) is 22.4 Å². The standard InChI is InChI=1S/C17H17N5O/c1-12-8-9-13(2)15(10-12)18-16(23)11-22-20-17(19-21-22)14-6-4-3-5-7-14/h3-10H,11H2,1-2H3,(H,18,23). The van der Waals surface area contributed by atoms with Crippen molar-refractivity contribution in [1.29, 1.82) is 0 Å². The van der Waals surface area contributed by atoms with E-state index in [1.54, 1.807) is 0 Å². The lowest BCUT2D eigenvalue weighted by Gasteiger charge is -2.08. The highest BCUT2D eigenvalue weighted by Crippen LogP contribution is 2.16. The van der Waals surface area contributed by atoms with Gasteiger partial charge >= 0.3 is 0 Å². The van der Waals surface area contributed by atoms with Crippen molar-refractivity contribution >= 4 is 11.6 Å². The molecule has 3 aromatic rings. The Kier molecular flexibility index (Phi) is 4.14. The lowest BCUT2D eigenvalue weighted by Crippen LogP contribution is -2.21. The molecule has 1 amide bonds. The molecule has 1 N–H and O–H groups in total. The van der Waals surface area contributed by atoms with Crippen molar-refractivity contribution in [2.45, 2.75) is 20.4 Å². The van der Waals surface area contributed by atoms with E-state index in [2.05, 4.69) is 20.7 Å². The SMILES string of the molecule is Cc1ccc(C)c(NC(=O)Cn2nnc(-c3ccccc3)n2)c1. The molecule has 116 valence electrons. The molecule has 0 saturated carbocycles. The molecule has 0 aliphatic carbocycles. The highest BCUT2D eigenvalue weighted by molar-refractivity contribution is 5.91. The van der Waals surface area contributed by atoms with Gasteiger partial charge in [0.25, 0.3) is 0 Å². The zero-order valence-corrected chi connectivity index (χ0v) is 13.0. The number of hydrogen-bond donors (Lipinski definition) is 1. The van der Waals surface area contributed by atoms with E-state index in [1.165, 1.54) is 4.80 Å². The number of carbonyl (C=O) groups is 1. The minimum Gasteiger partial charge on any atom is -0.324 e. The minimum atomic E-state index is -0.185. The van der Waals surface area contributed by atoms with Crippen molar-refractivity contribution in [1.82, 2.24) is 20.2 Å². The quantitative estimate of drug-likeness (QED) is 0.804. The molecular weight excluding hydrogens is 290 g/mol. The lowest BCUT2D eigenvalue weighted by molar-refractivity contribution is -0.117. The van der Waals surface area contributed by atoms with Crippen LogP contribution in [-0.2, 0) is 11.3 Å². The van der Waals surface area contributed by atoms with Crippen LogP contribution in [0.15, 0.2) is 48.5 Å². The average Bonchev–Trinajstić information content (AvgIpc) is 3.00. The molecule has 0 saturated heterocycles. The Labute approximate surface area is 134 Å². The number of amides is 1. The molecule has 0 aliphatic rings. The fourth-order valence-corrected chi connectivity index (χ4v) is 2.20. The molecule has 0 atom stereocenters. The van der Waals surface area contributed by atoms with Gasteiger partial charge in [-0.25, -0.2) is 0 Å². The number of aryl methyl sites for hydroxylation is 2. The molecule has 6 nitrogen and oxygen atoms in total. The lowest BCUT2D eigenvalue weighted by atomic mass is 10.1. The van der Waals surface area contributed by atoms with E-state index in [0.29, 0.717) is 5.82 Å². The molecule has 0 spiro atoms. The molecular formula is C17H17N5O. The third kappa shape index (κ3) is 3.60. The molecule has 1 aromatic heterocycles. The van der Waals surface area contributed by atoms with Crippen LogP contribution < -0.4 is 5.32 Å². The normalized spacial score (nSPS) is 10.5. The van der Waals surface area contributed by atoms with Gasteiger partial charge in [0.15, 0.2) is 0 Å². The van der Waals surface area contributed by atoms with Crippen LogP contribution in [0.4, 0.5) is 5.69 Å². The van der Waals surface area contributed by atoms with Gasteiger partial charge in [-0.1, -0.05) is 42.5 Å². The topological polar surface area (TPSA) is 72.7 Å². The van der Waals surface area contributed by atoms with E-state index in [1.807, 2.05) is 62.4 Å². The molecule has 0 radical (unpaired) electrons. The summed E-state index contributed by atoms with van der Waals surface area (Å²) >= 11 is 0. The van der Waals surface area contributed by atoms with Gasteiger partial charge in [0.05, 0.1) is 0 Å². The third-order valence-electron chi connectivity index (χ3n) is 3.44. The van der Waals surface area contributed by atoms with E-state index in [9.17, 15) is 4.79 Å². The minimum absolute atomic E-state index is 0.0210. The highest BCUT2D eigenvalue weighted by atomic mass is 16.2. The number of aromatic nitrogens is 4. The number of rotatable bonds is 4. The van der Waals surface area contributed by atoms with E-state index in [4.69, 9.17) is 0 Å². The fourth-order valence-electron chi connectivity index (χ4n) is 2.20. The Morgan fingerprint density at radius 1 is 1.13 bits per heavy atom. The van der Waals surface area contributed by atoms with E-state index in [-0.39, 0.29) is 12.5 Å². The second-order valence-corrected chi connectivity index (χ2v) is 5.38. The Balaban J connectivity index is 1.69. The van der Waals surface area contributed by atoms with Gasteiger partial charge in [0, 0.05) is 11.3 Å². The number of nitrogens with one attached hydrogen (secondary N) is 1. The van der Waals surface area contributed by atoms with Crippen LogP contribution in [-0.4, -0.2) is 26.1 Å². The summed E-state index contributed by atoms with van der Waals surface area (Å²) in [6.07, 6.45) is 0. The molecule has 23 heavy (non-hydrogen) atoms. The summed E-state index contributed by atoms with van der Waals surface area (Å²) in [5.41, 5.74) is 3.78. The van der Waals surface area contributed by atoms with Crippen molar-refractivity contribution < 1.29 is 4.79 Å². The largest absolute Gasteiger partial charge is 0.324 e. The predicted octanol–water partition coefficient (Wildman–Crippen LogP) is 2.60. The summed E-state index contributed by atoms with van der Waals surface area (Å²) in [4.78, 5) is 13.4. The van der Waals surface area contributed by atoms with Crippen molar-refractivity contribution in [2.24, 2.45) is 0 Å². The van der Waals surface area contributed by atoms with Gasteiger partial charge in [0.1, 0.15) is 6.54 Å². The van der Waals surface area contributed by atoms with Crippen LogP contribution in [0, 0.1) is 13.8 Å². The molecule has 3 rings (SSSR count). The van der Waals surface area contributed by atoms with Crippen LogP contribution in [0.5, 0.6) is 0 Å². The van der Waals surface area contributed by atoms with Crippen molar-refractivity contribution in [3.8, 4) is 11.4 Å². The van der Waals surface area contributed by atoms with E-state index < -0.39 is 0 Å². The zero-order chi connectivity index (χ0) is 16.2. The first-order valence-electron chi connectivity index (χ1n) is 7.32. The first-order valence-corrected chi connectivity index (χ1v) is 7.32. The van der Waals surface area contributed by atoms with Crippen LogP contribution in [0.25, 0.3) is 11.4 Å². The Bertz CT molecular complexity index is 826. The van der Waals surface area contributed by atoms with Gasteiger partial charge in [-0.05, 0) is 36.3 Å². The van der Waals surface area contributed by atoms with Crippen molar-refractivity contribution in [2.75, 3.05) is 5.32 Å². The summed E-state index contributed by atoms with van der Waals surface area (Å²) in [7, 11) is 0. The molecule has 0 unspecified atom stereocenters. The van der Waals surface area contributed by atoms with Gasteiger partial charge in [0.2, 0.25) is 11.7 Å². The highest BCUT2D eigenvalue weighted by Gasteiger charge is 2.10. The number of nitrogens with zero attached hydrogens (tertiary/aromatic N) is 4. The third-order valence-corrected chi connectivity index (χ3v) is 3.44. The monoisotopic (exact) mass is 307 g/mol. The molecule has 0 aliphatic heterocycles. The first kappa shape index (κ1) is 14.9. The van der Waals surface area contributed by atoms with Crippen LogP contribution in [0.3, 0.4) is 0 Å². The molecule has 6 heteroatoms. The van der Waals surface area contributed by atoms with Crippen LogP contribution in [0.2, 0.25) is 0 Å². The predicted molar refractivity (Wildman–Crippen MR) is 87.8 cm³/mol. The van der Waals surface area contributed by atoms with Crippen molar-refractivity contribution in [3.05, 3.63) is 59.7 Å². The van der Waals surface area contributed by atoms with Gasteiger partial charge in [-0.15, -0.1) is 10.2 Å². The maximum Gasteiger partial charge on any atom is 0.248 e. The summed E-state index contributed by atoms with van der Waals surface area (Å²) in [5, 5.41) is 15.0. The van der Waals surface area contributed by atoms with Crippen LogP contribution >= 0.6 is 0 Å². The zero-order valence-electron chi connectivity index (χ0n) is 13.0. The van der Waals surface area contributed by atoms with Crippen molar-refractivity contribution in [3.63, 3.8) is 0 Å². The first-order chi connectivity index (χ1) is 11.1. The maximum atomic E-state index is 12.2.